The van der Waals surface area contributed by atoms with Gasteiger partial charge in [0.2, 0.25) is 0 Å². The normalized spacial score (nSPS) is 10.9. The Balaban J connectivity index is 1.89. The number of anilines is 1. The molecule has 4 aromatic rings. The third-order valence-electron chi connectivity index (χ3n) is 5.50. The summed E-state index contributed by atoms with van der Waals surface area (Å²) in [5.74, 6) is 0.608. The van der Waals surface area contributed by atoms with Crippen molar-refractivity contribution >= 4 is 22.5 Å². The van der Waals surface area contributed by atoms with E-state index in [1.165, 1.54) is 0 Å². The van der Waals surface area contributed by atoms with Gasteiger partial charge in [-0.25, -0.2) is 4.98 Å². The van der Waals surface area contributed by atoms with Crippen LogP contribution in [0, 0.1) is 27.7 Å². The van der Waals surface area contributed by atoms with Crippen molar-refractivity contribution in [2.24, 2.45) is 0 Å². The third kappa shape index (κ3) is 4.15. The van der Waals surface area contributed by atoms with E-state index in [0.717, 1.165) is 55.9 Å². The fourth-order valence-electron chi connectivity index (χ4n) is 3.86. The highest BCUT2D eigenvalue weighted by Gasteiger charge is 2.17. The first-order chi connectivity index (χ1) is 14.9. The molecule has 156 valence electrons. The predicted molar refractivity (Wildman–Crippen MR) is 127 cm³/mol. The lowest BCUT2D eigenvalue weighted by molar-refractivity contribution is 0.102. The Morgan fingerprint density at radius 2 is 1.68 bits per heavy atom. The number of nitrogens with one attached hydrogen (secondary N) is 1. The number of fused-ring (bicyclic) bond motifs is 1. The Morgan fingerprint density at radius 1 is 0.871 bits per heavy atom. The molecule has 3 aromatic carbocycles. The van der Waals surface area contributed by atoms with Gasteiger partial charge >= 0.3 is 0 Å². The zero-order chi connectivity index (χ0) is 22.1. The fraction of sp³-hybridized carbons (Fsp3) is 0.185. The minimum atomic E-state index is -0.143. The molecule has 0 saturated heterocycles. The van der Waals surface area contributed by atoms with Crippen LogP contribution in [-0.4, -0.2) is 18.0 Å². The van der Waals surface area contributed by atoms with E-state index in [1.54, 1.807) is 7.11 Å². The number of benzene rings is 3. The average molecular weight is 411 g/mol. The lowest BCUT2D eigenvalue weighted by Gasteiger charge is -2.14. The summed E-state index contributed by atoms with van der Waals surface area (Å²) in [6.07, 6.45) is 0. The molecule has 0 radical (unpaired) electrons. The SMILES string of the molecule is COc1cccc(-c2cc(C(=O)Nc3cc(C)ccc3C)c3cc(C)cc(C)c3n2)c1. The Hall–Kier alpha value is -3.66. The van der Waals surface area contributed by atoms with Gasteiger partial charge in [0.1, 0.15) is 5.75 Å². The van der Waals surface area contributed by atoms with Crippen molar-refractivity contribution < 1.29 is 9.53 Å². The summed E-state index contributed by atoms with van der Waals surface area (Å²) in [6.45, 7) is 8.08. The molecule has 0 unspecified atom stereocenters. The first kappa shape index (κ1) is 20.6. The monoisotopic (exact) mass is 410 g/mol. The van der Waals surface area contributed by atoms with Crippen LogP contribution >= 0.6 is 0 Å². The van der Waals surface area contributed by atoms with E-state index in [9.17, 15) is 4.79 Å². The van der Waals surface area contributed by atoms with Crippen LogP contribution in [0.4, 0.5) is 5.69 Å². The zero-order valence-electron chi connectivity index (χ0n) is 18.5. The number of nitrogens with zero attached hydrogens (tertiary/aromatic N) is 1. The largest absolute Gasteiger partial charge is 0.497 e. The number of amides is 1. The molecule has 0 spiro atoms. The Labute approximate surface area is 182 Å². The highest BCUT2D eigenvalue weighted by Crippen LogP contribution is 2.30. The second-order valence-electron chi connectivity index (χ2n) is 8.04. The van der Waals surface area contributed by atoms with Crippen molar-refractivity contribution in [3.05, 3.63) is 88.5 Å². The van der Waals surface area contributed by atoms with Crippen LogP contribution in [0.1, 0.15) is 32.6 Å². The Morgan fingerprint density at radius 3 is 2.45 bits per heavy atom. The molecule has 1 N–H and O–H groups in total. The molecule has 0 aliphatic heterocycles. The molecular weight excluding hydrogens is 384 g/mol. The van der Waals surface area contributed by atoms with Crippen LogP contribution in [0.5, 0.6) is 5.75 Å². The van der Waals surface area contributed by atoms with Crippen LogP contribution in [-0.2, 0) is 0 Å². The molecule has 0 fully saturated rings. The summed E-state index contributed by atoms with van der Waals surface area (Å²) in [5, 5.41) is 3.96. The third-order valence-corrected chi connectivity index (χ3v) is 5.50. The van der Waals surface area contributed by atoms with E-state index < -0.39 is 0 Å². The van der Waals surface area contributed by atoms with Crippen LogP contribution in [0.2, 0.25) is 0 Å². The molecule has 1 amide bonds. The van der Waals surface area contributed by atoms with Gasteiger partial charge < -0.3 is 10.1 Å². The van der Waals surface area contributed by atoms with Crippen molar-refractivity contribution in [2.75, 3.05) is 12.4 Å². The lowest BCUT2D eigenvalue weighted by Crippen LogP contribution is -2.14. The number of methoxy groups -OCH3 is 1. The molecule has 4 heteroatoms. The number of aryl methyl sites for hydroxylation is 4. The molecule has 0 bridgehead atoms. The van der Waals surface area contributed by atoms with Crippen molar-refractivity contribution in [3.63, 3.8) is 0 Å². The molecule has 4 nitrogen and oxygen atoms in total. The van der Waals surface area contributed by atoms with Gasteiger partial charge in [0, 0.05) is 16.6 Å². The number of rotatable bonds is 4. The number of hydrogen-bond donors (Lipinski definition) is 1. The minimum Gasteiger partial charge on any atom is -0.497 e. The smallest absolute Gasteiger partial charge is 0.256 e. The molecule has 0 aliphatic carbocycles. The van der Waals surface area contributed by atoms with Gasteiger partial charge in [-0.15, -0.1) is 0 Å². The summed E-state index contributed by atoms with van der Waals surface area (Å²) in [4.78, 5) is 18.4. The van der Waals surface area contributed by atoms with E-state index in [1.807, 2.05) is 82.3 Å². The van der Waals surface area contributed by atoms with Gasteiger partial charge in [0.05, 0.1) is 23.9 Å². The predicted octanol–water partition coefficient (Wildman–Crippen LogP) is 6.40. The molecular formula is C27H26N2O2. The Kier molecular flexibility index (Phi) is 5.47. The molecule has 4 rings (SSSR count). The molecule has 0 saturated carbocycles. The maximum Gasteiger partial charge on any atom is 0.256 e. The van der Waals surface area contributed by atoms with Gasteiger partial charge in [-0.3, -0.25) is 4.79 Å². The highest BCUT2D eigenvalue weighted by atomic mass is 16.5. The van der Waals surface area contributed by atoms with Crippen LogP contribution < -0.4 is 10.1 Å². The summed E-state index contributed by atoms with van der Waals surface area (Å²) in [6, 6.07) is 19.8. The highest BCUT2D eigenvalue weighted by molar-refractivity contribution is 6.13. The molecule has 31 heavy (non-hydrogen) atoms. The number of carbonyl (C=O) groups excluding carboxylic acids is 1. The molecule has 0 atom stereocenters. The fourth-order valence-corrected chi connectivity index (χ4v) is 3.86. The lowest BCUT2D eigenvalue weighted by atomic mass is 9.99. The van der Waals surface area contributed by atoms with Crippen molar-refractivity contribution in [3.8, 4) is 17.0 Å². The summed E-state index contributed by atoms with van der Waals surface area (Å²) in [7, 11) is 1.64. The van der Waals surface area contributed by atoms with E-state index >= 15 is 0 Å². The quantitative estimate of drug-likeness (QED) is 0.424. The van der Waals surface area contributed by atoms with Crippen molar-refractivity contribution in [1.29, 1.82) is 0 Å². The van der Waals surface area contributed by atoms with Gasteiger partial charge in [-0.1, -0.05) is 35.9 Å². The summed E-state index contributed by atoms with van der Waals surface area (Å²) < 4.78 is 5.38. The number of ether oxygens (including phenoxy) is 1. The average Bonchev–Trinajstić information content (AvgIpc) is 2.75. The molecule has 0 aliphatic rings. The second-order valence-corrected chi connectivity index (χ2v) is 8.04. The van der Waals surface area contributed by atoms with Crippen LogP contribution in [0.3, 0.4) is 0 Å². The molecule has 1 aromatic heterocycles. The zero-order valence-corrected chi connectivity index (χ0v) is 18.5. The topological polar surface area (TPSA) is 51.2 Å². The number of aromatic nitrogens is 1. The number of carbonyl (C=O) groups is 1. The van der Waals surface area contributed by atoms with Gasteiger partial charge in [-0.2, -0.15) is 0 Å². The number of hydrogen-bond acceptors (Lipinski definition) is 3. The Bertz CT molecular complexity index is 1310. The second kappa shape index (κ2) is 8.23. The van der Waals surface area contributed by atoms with E-state index in [0.29, 0.717) is 5.56 Å². The van der Waals surface area contributed by atoms with Crippen molar-refractivity contribution in [1.82, 2.24) is 4.98 Å². The van der Waals surface area contributed by atoms with Gasteiger partial charge in [0.25, 0.3) is 5.91 Å². The van der Waals surface area contributed by atoms with Crippen LogP contribution in [0.25, 0.3) is 22.2 Å². The first-order valence-electron chi connectivity index (χ1n) is 10.3. The maximum absolute atomic E-state index is 13.5. The van der Waals surface area contributed by atoms with Crippen LogP contribution in [0.15, 0.2) is 60.7 Å². The van der Waals surface area contributed by atoms with E-state index in [4.69, 9.17) is 9.72 Å². The van der Waals surface area contributed by atoms with E-state index in [2.05, 4.69) is 11.4 Å². The van der Waals surface area contributed by atoms with E-state index in [-0.39, 0.29) is 5.91 Å². The summed E-state index contributed by atoms with van der Waals surface area (Å²) in [5.41, 5.74) is 8.17. The van der Waals surface area contributed by atoms with Gasteiger partial charge in [-0.05, 0) is 74.7 Å². The van der Waals surface area contributed by atoms with Gasteiger partial charge in [0.15, 0.2) is 0 Å². The maximum atomic E-state index is 13.5. The molecule has 1 heterocycles. The standard InChI is InChI=1S/C27H26N2O2/c1-16-9-10-18(3)24(13-16)29-27(30)23-15-25(20-7-6-8-21(14-20)31-5)28-26-19(4)11-17(2)12-22(23)26/h6-15H,1-5H3,(H,29,30). The number of pyridine rings is 1. The summed E-state index contributed by atoms with van der Waals surface area (Å²) >= 11 is 0. The minimum absolute atomic E-state index is 0.143. The first-order valence-corrected chi connectivity index (χ1v) is 10.3. The van der Waals surface area contributed by atoms with Crippen molar-refractivity contribution in [2.45, 2.75) is 27.7 Å².